The molecule has 0 spiro atoms. The molecule has 6 heteroatoms. The van der Waals surface area contributed by atoms with Crippen LogP contribution in [0.5, 0.6) is 0 Å². The number of methoxy groups -OCH3 is 1. The number of carbonyl (C=O) groups is 2. The molecule has 1 amide bonds. The first kappa shape index (κ1) is 26.3. The standard InChI is InChI=1S/C29H33ClN2O3/c1-17-13-22(11-12-26(17)30)21(5)32(6)25-10-8-9-23(16-25)24-14-18(2)27(19(3)15-24)28(33)31-20(4)29(34)35-7/h8-16,20-21H,1-7H3,(H,31,33)/t20-,21?/m0/s1. The summed E-state index contributed by atoms with van der Waals surface area (Å²) in [5.74, 6) is -0.765. The van der Waals surface area contributed by atoms with Crippen molar-refractivity contribution in [1.29, 1.82) is 0 Å². The molecule has 0 aromatic heterocycles. The zero-order chi connectivity index (χ0) is 25.9. The molecule has 0 aliphatic rings. The van der Waals surface area contributed by atoms with Crippen molar-refractivity contribution in [2.24, 2.45) is 0 Å². The van der Waals surface area contributed by atoms with E-state index < -0.39 is 12.0 Å². The van der Waals surface area contributed by atoms with Crippen LogP contribution in [0, 0.1) is 20.8 Å². The Morgan fingerprint density at radius 2 is 1.57 bits per heavy atom. The molecular formula is C29H33ClN2O3. The molecule has 1 N–H and O–H groups in total. The van der Waals surface area contributed by atoms with Gasteiger partial charge in [0.25, 0.3) is 5.91 Å². The summed E-state index contributed by atoms with van der Waals surface area (Å²) in [6.07, 6.45) is 0. The maximum atomic E-state index is 12.8. The van der Waals surface area contributed by atoms with Crippen LogP contribution in [0.25, 0.3) is 11.1 Å². The van der Waals surface area contributed by atoms with Crippen molar-refractivity contribution in [3.63, 3.8) is 0 Å². The Morgan fingerprint density at radius 1 is 0.914 bits per heavy atom. The summed E-state index contributed by atoms with van der Waals surface area (Å²) in [7, 11) is 3.39. The quantitative estimate of drug-likeness (QED) is 0.386. The monoisotopic (exact) mass is 492 g/mol. The van der Waals surface area contributed by atoms with E-state index in [1.54, 1.807) is 6.92 Å². The Balaban J connectivity index is 1.88. The lowest BCUT2D eigenvalue weighted by molar-refractivity contribution is -0.142. The number of hydrogen-bond acceptors (Lipinski definition) is 4. The zero-order valence-corrected chi connectivity index (χ0v) is 22.2. The second kappa shape index (κ2) is 11.0. The summed E-state index contributed by atoms with van der Waals surface area (Å²) in [6.45, 7) is 9.62. The van der Waals surface area contributed by atoms with E-state index in [4.69, 9.17) is 16.3 Å². The highest BCUT2D eigenvalue weighted by Gasteiger charge is 2.20. The molecule has 0 radical (unpaired) electrons. The smallest absolute Gasteiger partial charge is 0.328 e. The van der Waals surface area contributed by atoms with Gasteiger partial charge in [-0.3, -0.25) is 4.79 Å². The second-order valence-electron chi connectivity index (χ2n) is 9.05. The number of benzene rings is 3. The number of ether oxygens (including phenoxy) is 1. The van der Waals surface area contributed by atoms with E-state index in [1.807, 2.05) is 45.0 Å². The molecule has 0 heterocycles. The van der Waals surface area contributed by atoms with Gasteiger partial charge in [-0.05, 0) is 86.2 Å². The maximum Gasteiger partial charge on any atom is 0.328 e. The Bertz CT molecular complexity index is 1230. The third kappa shape index (κ3) is 5.85. The fraction of sp³-hybridized carbons (Fsp3) is 0.310. The van der Waals surface area contributed by atoms with E-state index in [0.717, 1.165) is 38.5 Å². The summed E-state index contributed by atoms with van der Waals surface area (Å²) >= 11 is 6.21. The van der Waals surface area contributed by atoms with Crippen LogP contribution >= 0.6 is 11.6 Å². The van der Waals surface area contributed by atoms with Gasteiger partial charge < -0.3 is 15.0 Å². The molecule has 0 bridgehead atoms. The number of rotatable bonds is 7. The third-order valence-electron chi connectivity index (χ3n) is 6.49. The Kier molecular flexibility index (Phi) is 8.23. The number of carbonyl (C=O) groups excluding carboxylic acids is 2. The molecule has 1 unspecified atom stereocenters. The molecular weight excluding hydrogens is 460 g/mol. The van der Waals surface area contributed by atoms with Crippen molar-refractivity contribution in [1.82, 2.24) is 5.32 Å². The topological polar surface area (TPSA) is 58.6 Å². The van der Waals surface area contributed by atoms with Gasteiger partial charge in [0.05, 0.1) is 13.2 Å². The molecule has 35 heavy (non-hydrogen) atoms. The first-order valence-corrected chi connectivity index (χ1v) is 12.0. The molecule has 2 atom stereocenters. The highest BCUT2D eigenvalue weighted by Crippen LogP contribution is 2.32. The fourth-order valence-corrected chi connectivity index (χ4v) is 4.39. The summed E-state index contributed by atoms with van der Waals surface area (Å²) in [5.41, 5.74) is 7.71. The number of hydrogen-bond donors (Lipinski definition) is 1. The summed E-state index contributed by atoms with van der Waals surface area (Å²) in [5, 5.41) is 3.49. The number of esters is 1. The van der Waals surface area contributed by atoms with E-state index >= 15 is 0 Å². The van der Waals surface area contributed by atoms with Crippen molar-refractivity contribution < 1.29 is 14.3 Å². The fourth-order valence-electron chi connectivity index (χ4n) is 4.27. The normalized spacial score (nSPS) is 12.6. The largest absolute Gasteiger partial charge is 0.467 e. The van der Waals surface area contributed by atoms with Crippen LogP contribution in [-0.2, 0) is 9.53 Å². The number of aryl methyl sites for hydroxylation is 3. The van der Waals surface area contributed by atoms with Gasteiger partial charge in [-0.25, -0.2) is 4.79 Å². The second-order valence-corrected chi connectivity index (χ2v) is 9.46. The lowest BCUT2D eigenvalue weighted by Gasteiger charge is -2.28. The first-order valence-electron chi connectivity index (χ1n) is 11.6. The summed E-state index contributed by atoms with van der Waals surface area (Å²) < 4.78 is 4.71. The highest BCUT2D eigenvalue weighted by atomic mass is 35.5. The lowest BCUT2D eigenvalue weighted by atomic mass is 9.94. The molecule has 3 aromatic carbocycles. The first-order chi connectivity index (χ1) is 16.5. The van der Waals surface area contributed by atoms with E-state index in [0.29, 0.717) is 5.56 Å². The molecule has 3 aromatic rings. The maximum absolute atomic E-state index is 12.8. The van der Waals surface area contributed by atoms with Gasteiger partial charge in [0.1, 0.15) is 6.04 Å². The van der Waals surface area contributed by atoms with Gasteiger partial charge in [-0.15, -0.1) is 0 Å². The van der Waals surface area contributed by atoms with Gasteiger partial charge in [0, 0.05) is 23.3 Å². The third-order valence-corrected chi connectivity index (χ3v) is 6.92. The number of amides is 1. The average Bonchev–Trinajstić information content (AvgIpc) is 2.83. The van der Waals surface area contributed by atoms with E-state index in [-0.39, 0.29) is 11.9 Å². The van der Waals surface area contributed by atoms with Crippen LogP contribution in [0.1, 0.15) is 52.5 Å². The van der Waals surface area contributed by atoms with Gasteiger partial charge in [0.2, 0.25) is 0 Å². The number of halogens is 1. The zero-order valence-electron chi connectivity index (χ0n) is 21.4. The van der Waals surface area contributed by atoms with Crippen LogP contribution in [0.2, 0.25) is 5.02 Å². The van der Waals surface area contributed by atoms with Crippen LogP contribution < -0.4 is 10.2 Å². The van der Waals surface area contributed by atoms with Crippen molar-refractivity contribution in [3.05, 3.63) is 87.4 Å². The number of anilines is 1. The van der Waals surface area contributed by atoms with Crippen LogP contribution in [0.4, 0.5) is 5.69 Å². The molecule has 0 saturated heterocycles. The summed E-state index contributed by atoms with van der Waals surface area (Å²) in [4.78, 5) is 26.8. The predicted octanol–water partition coefficient (Wildman–Crippen LogP) is 6.42. The van der Waals surface area contributed by atoms with Crippen LogP contribution in [-0.4, -0.2) is 32.1 Å². The van der Waals surface area contributed by atoms with Crippen molar-refractivity contribution in [3.8, 4) is 11.1 Å². The number of nitrogens with one attached hydrogen (secondary N) is 1. The molecule has 0 aliphatic heterocycles. The Hall–Kier alpha value is -3.31. The van der Waals surface area contributed by atoms with Gasteiger partial charge in [0.15, 0.2) is 0 Å². The molecule has 184 valence electrons. The van der Waals surface area contributed by atoms with Crippen molar-refractivity contribution >= 4 is 29.2 Å². The van der Waals surface area contributed by atoms with Gasteiger partial charge in [-0.1, -0.05) is 48.0 Å². The molecule has 5 nitrogen and oxygen atoms in total. The predicted molar refractivity (Wildman–Crippen MR) is 143 cm³/mol. The van der Waals surface area contributed by atoms with Crippen molar-refractivity contribution in [2.75, 3.05) is 19.1 Å². The average molecular weight is 493 g/mol. The molecule has 0 aliphatic carbocycles. The molecule has 3 rings (SSSR count). The van der Waals surface area contributed by atoms with E-state index in [9.17, 15) is 9.59 Å². The van der Waals surface area contributed by atoms with Gasteiger partial charge >= 0.3 is 5.97 Å². The molecule has 0 fully saturated rings. The summed E-state index contributed by atoms with van der Waals surface area (Å²) in [6, 6.07) is 18.0. The van der Waals surface area contributed by atoms with E-state index in [2.05, 4.69) is 54.5 Å². The molecule has 0 saturated carbocycles. The van der Waals surface area contributed by atoms with Crippen molar-refractivity contribution in [2.45, 2.75) is 46.7 Å². The highest BCUT2D eigenvalue weighted by molar-refractivity contribution is 6.31. The number of nitrogens with zero attached hydrogens (tertiary/aromatic N) is 1. The lowest BCUT2D eigenvalue weighted by Crippen LogP contribution is -2.39. The van der Waals surface area contributed by atoms with Crippen LogP contribution in [0.3, 0.4) is 0 Å². The SMILES string of the molecule is COC(=O)[C@H](C)NC(=O)c1c(C)cc(-c2cccc(N(C)C(C)c3ccc(Cl)c(C)c3)c2)cc1C. The minimum absolute atomic E-state index is 0.160. The minimum Gasteiger partial charge on any atom is -0.467 e. The Morgan fingerprint density at radius 3 is 2.17 bits per heavy atom. The van der Waals surface area contributed by atoms with Gasteiger partial charge in [-0.2, -0.15) is 0 Å². The van der Waals surface area contributed by atoms with Crippen LogP contribution in [0.15, 0.2) is 54.6 Å². The van der Waals surface area contributed by atoms with E-state index in [1.165, 1.54) is 12.7 Å². The Labute approximate surface area is 213 Å². The minimum atomic E-state index is -0.718.